The Bertz CT molecular complexity index is 236. The van der Waals surface area contributed by atoms with Gasteiger partial charge in [-0.25, -0.2) is 0 Å². The summed E-state index contributed by atoms with van der Waals surface area (Å²) in [4.78, 5) is 2.47. The van der Waals surface area contributed by atoms with Gasteiger partial charge in [0.2, 0.25) is 0 Å². The van der Waals surface area contributed by atoms with Crippen molar-refractivity contribution in [2.45, 2.75) is 51.2 Å². The Labute approximate surface area is 106 Å². The lowest BCUT2D eigenvalue weighted by Gasteiger charge is -2.29. The summed E-state index contributed by atoms with van der Waals surface area (Å²) in [6.07, 6.45) is 5.56. The summed E-state index contributed by atoms with van der Waals surface area (Å²) in [5, 5.41) is 3.43. The van der Waals surface area contributed by atoms with Crippen LogP contribution in [0.2, 0.25) is 0 Å². The van der Waals surface area contributed by atoms with Gasteiger partial charge in [-0.05, 0) is 65.6 Å². The zero-order valence-electron chi connectivity index (χ0n) is 11.7. The van der Waals surface area contributed by atoms with Gasteiger partial charge >= 0.3 is 0 Å². The van der Waals surface area contributed by atoms with E-state index in [1.54, 1.807) is 0 Å². The molecule has 2 aliphatic heterocycles. The van der Waals surface area contributed by atoms with E-state index in [4.69, 9.17) is 4.74 Å². The van der Waals surface area contributed by atoms with Crippen LogP contribution in [0.1, 0.15) is 39.5 Å². The minimum Gasteiger partial charge on any atom is -0.371 e. The molecule has 1 unspecified atom stereocenters. The molecule has 17 heavy (non-hydrogen) atoms. The number of piperidine rings is 1. The zero-order chi connectivity index (χ0) is 12.3. The van der Waals surface area contributed by atoms with Crippen molar-refractivity contribution in [2.24, 2.45) is 5.92 Å². The molecule has 2 heterocycles. The number of rotatable bonds is 4. The van der Waals surface area contributed by atoms with Crippen molar-refractivity contribution in [2.75, 3.05) is 33.2 Å². The summed E-state index contributed by atoms with van der Waals surface area (Å²) in [6.45, 7) is 9.16. The third kappa shape index (κ3) is 4.23. The van der Waals surface area contributed by atoms with E-state index in [0.29, 0.717) is 6.10 Å². The Hall–Kier alpha value is -0.120. The molecule has 3 heteroatoms. The number of hydrogen-bond acceptors (Lipinski definition) is 3. The smallest absolute Gasteiger partial charge is 0.0710 e. The van der Waals surface area contributed by atoms with E-state index in [1.165, 1.54) is 45.3 Å². The fourth-order valence-corrected chi connectivity index (χ4v) is 3.13. The van der Waals surface area contributed by atoms with Crippen LogP contribution in [0.4, 0.5) is 0 Å². The highest BCUT2D eigenvalue weighted by molar-refractivity contribution is 4.82. The van der Waals surface area contributed by atoms with Crippen LogP contribution in [-0.4, -0.2) is 49.8 Å². The van der Waals surface area contributed by atoms with Crippen molar-refractivity contribution in [1.29, 1.82) is 0 Å². The summed E-state index contributed by atoms with van der Waals surface area (Å²) in [7, 11) is 2.25. The van der Waals surface area contributed by atoms with Gasteiger partial charge in [-0.1, -0.05) is 0 Å². The van der Waals surface area contributed by atoms with Gasteiger partial charge in [-0.2, -0.15) is 0 Å². The summed E-state index contributed by atoms with van der Waals surface area (Å²) < 4.78 is 6.05. The molecule has 1 N–H and O–H groups in total. The molecule has 100 valence electrons. The maximum Gasteiger partial charge on any atom is 0.0710 e. The van der Waals surface area contributed by atoms with Crippen LogP contribution in [0.15, 0.2) is 0 Å². The van der Waals surface area contributed by atoms with Crippen LogP contribution in [0.25, 0.3) is 0 Å². The van der Waals surface area contributed by atoms with E-state index in [-0.39, 0.29) is 5.60 Å². The standard InChI is InChI=1S/C14H28N2O/c1-14(2)7-4-13(17-14)11-16(3)10-12-5-8-15-9-6-12/h12-13,15H,4-11H2,1-3H3. The van der Waals surface area contributed by atoms with Crippen molar-refractivity contribution in [1.82, 2.24) is 10.2 Å². The summed E-state index contributed by atoms with van der Waals surface area (Å²) >= 11 is 0. The molecule has 0 saturated carbocycles. The Morgan fingerprint density at radius 2 is 1.88 bits per heavy atom. The van der Waals surface area contributed by atoms with Gasteiger partial charge in [0, 0.05) is 13.1 Å². The fourth-order valence-electron chi connectivity index (χ4n) is 3.13. The highest BCUT2D eigenvalue weighted by Gasteiger charge is 2.32. The number of hydrogen-bond donors (Lipinski definition) is 1. The molecule has 2 aliphatic rings. The number of likely N-dealkylation sites (N-methyl/N-ethyl adjacent to an activating group) is 1. The lowest BCUT2D eigenvalue weighted by Crippen LogP contribution is -2.38. The van der Waals surface area contributed by atoms with Crippen LogP contribution in [0, 0.1) is 5.92 Å². The summed E-state index contributed by atoms with van der Waals surface area (Å²) in [5.74, 6) is 0.885. The van der Waals surface area contributed by atoms with E-state index in [1.807, 2.05) is 0 Å². The van der Waals surface area contributed by atoms with Crippen LogP contribution in [-0.2, 0) is 4.74 Å². The molecular weight excluding hydrogens is 212 g/mol. The van der Waals surface area contributed by atoms with E-state index in [9.17, 15) is 0 Å². The predicted molar refractivity (Wildman–Crippen MR) is 71.3 cm³/mol. The first-order chi connectivity index (χ1) is 8.05. The van der Waals surface area contributed by atoms with E-state index in [0.717, 1.165) is 12.5 Å². The largest absolute Gasteiger partial charge is 0.371 e. The Balaban J connectivity index is 1.68. The molecule has 0 aliphatic carbocycles. The van der Waals surface area contributed by atoms with Crippen molar-refractivity contribution in [3.05, 3.63) is 0 Å². The minimum absolute atomic E-state index is 0.111. The number of nitrogens with one attached hydrogen (secondary N) is 1. The van der Waals surface area contributed by atoms with Crippen molar-refractivity contribution in [3.63, 3.8) is 0 Å². The first-order valence-electron chi connectivity index (χ1n) is 7.12. The van der Waals surface area contributed by atoms with E-state index >= 15 is 0 Å². The van der Waals surface area contributed by atoms with Gasteiger partial charge < -0.3 is 15.0 Å². The summed E-state index contributed by atoms with van der Waals surface area (Å²) in [5.41, 5.74) is 0.111. The first-order valence-corrected chi connectivity index (χ1v) is 7.12. The molecule has 0 amide bonds. The minimum atomic E-state index is 0.111. The second kappa shape index (κ2) is 5.68. The quantitative estimate of drug-likeness (QED) is 0.812. The maximum atomic E-state index is 6.05. The Morgan fingerprint density at radius 3 is 2.47 bits per heavy atom. The van der Waals surface area contributed by atoms with Crippen molar-refractivity contribution < 1.29 is 4.74 Å². The fraction of sp³-hybridized carbons (Fsp3) is 1.00. The number of ether oxygens (including phenoxy) is 1. The molecule has 0 aromatic heterocycles. The van der Waals surface area contributed by atoms with Crippen LogP contribution in [0.3, 0.4) is 0 Å². The zero-order valence-corrected chi connectivity index (χ0v) is 11.7. The Morgan fingerprint density at radius 1 is 1.18 bits per heavy atom. The SMILES string of the molecule is CN(CC1CCNCC1)CC1CCC(C)(C)O1. The van der Waals surface area contributed by atoms with E-state index < -0.39 is 0 Å². The molecule has 0 spiro atoms. The maximum absolute atomic E-state index is 6.05. The molecule has 2 saturated heterocycles. The number of nitrogens with zero attached hydrogens (tertiary/aromatic N) is 1. The molecule has 3 nitrogen and oxygen atoms in total. The normalized spacial score (nSPS) is 30.0. The topological polar surface area (TPSA) is 24.5 Å². The van der Waals surface area contributed by atoms with Crippen molar-refractivity contribution >= 4 is 0 Å². The highest BCUT2D eigenvalue weighted by atomic mass is 16.5. The third-order valence-corrected chi connectivity index (χ3v) is 4.10. The van der Waals surface area contributed by atoms with Crippen molar-refractivity contribution in [3.8, 4) is 0 Å². The highest BCUT2D eigenvalue weighted by Crippen LogP contribution is 2.29. The van der Waals surface area contributed by atoms with Gasteiger partial charge in [-0.15, -0.1) is 0 Å². The summed E-state index contributed by atoms with van der Waals surface area (Å²) in [6, 6.07) is 0. The monoisotopic (exact) mass is 240 g/mol. The average molecular weight is 240 g/mol. The Kier molecular flexibility index (Phi) is 4.45. The van der Waals surface area contributed by atoms with Gasteiger partial charge in [-0.3, -0.25) is 0 Å². The van der Waals surface area contributed by atoms with Crippen LogP contribution >= 0.6 is 0 Å². The average Bonchev–Trinajstić information content (AvgIpc) is 2.59. The lowest BCUT2D eigenvalue weighted by atomic mass is 9.97. The van der Waals surface area contributed by atoms with Crippen LogP contribution < -0.4 is 5.32 Å². The second-order valence-electron chi connectivity index (χ2n) is 6.45. The molecule has 0 bridgehead atoms. The van der Waals surface area contributed by atoms with Gasteiger partial charge in [0.15, 0.2) is 0 Å². The van der Waals surface area contributed by atoms with Gasteiger partial charge in [0.05, 0.1) is 11.7 Å². The first kappa shape index (κ1) is 13.3. The molecule has 0 aromatic rings. The molecule has 1 atom stereocenters. The lowest BCUT2D eigenvalue weighted by molar-refractivity contribution is -0.0274. The molecule has 0 radical (unpaired) electrons. The molecular formula is C14H28N2O. The molecule has 0 aromatic carbocycles. The molecule has 2 fully saturated rings. The predicted octanol–water partition coefficient (Wildman–Crippen LogP) is 1.88. The van der Waals surface area contributed by atoms with Crippen LogP contribution in [0.5, 0.6) is 0 Å². The van der Waals surface area contributed by atoms with Gasteiger partial charge in [0.1, 0.15) is 0 Å². The third-order valence-electron chi connectivity index (χ3n) is 4.10. The van der Waals surface area contributed by atoms with E-state index in [2.05, 4.69) is 31.1 Å². The second-order valence-corrected chi connectivity index (χ2v) is 6.45. The molecule has 2 rings (SSSR count). The van der Waals surface area contributed by atoms with Gasteiger partial charge in [0.25, 0.3) is 0 Å².